The molecule has 0 saturated carbocycles. The predicted octanol–water partition coefficient (Wildman–Crippen LogP) is 1.07. The Morgan fingerprint density at radius 3 is 2.94 bits per heavy atom. The predicted molar refractivity (Wildman–Crippen MR) is 64.7 cm³/mol. The molecule has 0 saturated heterocycles. The summed E-state index contributed by atoms with van der Waals surface area (Å²) in [5.41, 5.74) is 1.35. The van der Waals surface area contributed by atoms with Crippen LogP contribution in [0.25, 0.3) is 0 Å². The summed E-state index contributed by atoms with van der Waals surface area (Å²) in [6, 6.07) is 5.49. The maximum absolute atomic E-state index is 8.93. The van der Waals surface area contributed by atoms with E-state index in [1.807, 2.05) is 6.92 Å². The number of pyridine rings is 1. The van der Waals surface area contributed by atoms with Gasteiger partial charge in [0.1, 0.15) is 5.82 Å². The average molecular weight is 235 g/mol. The first-order chi connectivity index (χ1) is 8.19. The van der Waals surface area contributed by atoms with Crippen LogP contribution in [0.15, 0.2) is 12.1 Å². The summed E-state index contributed by atoms with van der Waals surface area (Å²) in [7, 11) is 1.61. The van der Waals surface area contributed by atoms with Crippen molar-refractivity contribution in [1.29, 1.82) is 5.26 Å². The van der Waals surface area contributed by atoms with Gasteiger partial charge >= 0.3 is 0 Å². The lowest BCUT2D eigenvalue weighted by atomic mass is 10.2. The molecule has 1 aromatic heterocycles. The Morgan fingerprint density at radius 2 is 2.35 bits per heavy atom. The van der Waals surface area contributed by atoms with E-state index in [4.69, 9.17) is 15.1 Å². The minimum Gasteiger partial charge on any atom is -0.396 e. The molecule has 1 unspecified atom stereocenters. The van der Waals surface area contributed by atoms with Crippen LogP contribution in [0.5, 0.6) is 0 Å². The molecule has 5 nitrogen and oxygen atoms in total. The van der Waals surface area contributed by atoms with Crippen LogP contribution < -0.4 is 5.32 Å². The first-order valence-electron chi connectivity index (χ1n) is 5.44. The number of hydrogen-bond donors (Lipinski definition) is 2. The standard InChI is InChI=1S/C12H17N3O2/c1-9-5-10(7-13)6-12(14-9)15-11(3-4-16)8-17-2/h5-6,11,16H,3-4,8H2,1-2H3,(H,14,15). The van der Waals surface area contributed by atoms with Crippen molar-refractivity contribution in [3.63, 3.8) is 0 Å². The minimum absolute atomic E-state index is 0.00848. The van der Waals surface area contributed by atoms with Gasteiger partial charge < -0.3 is 15.2 Å². The van der Waals surface area contributed by atoms with E-state index in [2.05, 4.69) is 16.4 Å². The molecular formula is C12H17N3O2. The van der Waals surface area contributed by atoms with Gasteiger partial charge in [-0.3, -0.25) is 0 Å². The maximum Gasteiger partial charge on any atom is 0.127 e. The van der Waals surface area contributed by atoms with Gasteiger partial charge in [-0.25, -0.2) is 4.98 Å². The van der Waals surface area contributed by atoms with Gasteiger partial charge in [0.05, 0.1) is 24.3 Å². The van der Waals surface area contributed by atoms with E-state index < -0.39 is 0 Å². The van der Waals surface area contributed by atoms with Crippen LogP contribution in [0.2, 0.25) is 0 Å². The summed E-state index contributed by atoms with van der Waals surface area (Å²) < 4.78 is 5.05. The van der Waals surface area contributed by atoms with Crippen LogP contribution in [-0.4, -0.2) is 36.5 Å². The number of aliphatic hydroxyl groups excluding tert-OH is 1. The summed E-state index contributed by atoms with van der Waals surface area (Å²) in [5.74, 6) is 0.636. The highest BCUT2D eigenvalue weighted by atomic mass is 16.5. The SMILES string of the molecule is COCC(CCO)Nc1cc(C#N)cc(C)n1. The number of ether oxygens (including phenoxy) is 1. The third-order valence-corrected chi connectivity index (χ3v) is 2.28. The zero-order valence-electron chi connectivity index (χ0n) is 10.1. The van der Waals surface area contributed by atoms with Gasteiger partial charge in [0.15, 0.2) is 0 Å². The van der Waals surface area contributed by atoms with E-state index in [-0.39, 0.29) is 12.6 Å². The van der Waals surface area contributed by atoms with Gasteiger partial charge in [0.2, 0.25) is 0 Å². The summed E-state index contributed by atoms with van der Waals surface area (Å²) >= 11 is 0. The normalized spacial score (nSPS) is 11.9. The van der Waals surface area contributed by atoms with Crippen LogP contribution >= 0.6 is 0 Å². The van der Waals surface area contributed by atoms with Gasteiger partial charge in [-0.2, -0.15) is 5.26 Å². The Balaban J connectivity index is 2.78. The molecule has 17 heavy (non-hydrogen) atoms. The van der Waals surface area contributed by atoms with Crippen molar-refractivity contribution in [2.75, 3.05) is 25.6 Å². The van der Waals surface area contributed by atoms with Crippen molar-refractivity contribution >= 4 is 5.82 Å². The molecule has 5 heteroatoms. The maximum atomic E-state index is 8.93. The molecule has 0 fully saturated rings. The molecule has 0 radical (unpaired) electrons. The molecule has 92 valence electrons. The zero-order valence-corrected chi connectivity index (χ0v) is 10.1. The van der Waals surface area contributed by atoms with Crippen molar-refractivity contribution in [2.24, 2.45) is 0 Å². The second-order valence-electron chi connectivity index (χ2n) is 3.80. The smallest absolute Gasteiger partial charge is 0.127 e. The first-order valence-corrected chi connectivity index (χ1v) is 5.44. The molecule has 0 aromatic carbocycles. The van der Waals surface area contributed by atoms with Crippen LogP contribution in [0.3, 0.4) is 0 Å². The Kier molecular flexibility index (Phi) is 5.40. The van der Waals surface area contributed by atoms with E-state index in [1.165, 1.54) is 0 Å². The number of nitrogens with zero attached hydrogens (tertiary/aromatic N) is 2. The monoisotopic (exact) mass is 235 g/mol. The Hall–Kier alpha value is -1.64. The third-order valence-electron chi connectivity index (χ3n) is 2.28. The molecule has 2 N–H and O–H groups in total. The van der Waals surface area contributed by atoms with E-state index in [1.54, 1.807) is 19.2 Å². The zero-order chi connectivity index (χ0) is 12.7. The highest BCUT2D eigenvalue weighted by molar-refractivity contribution is 5.44. The third kappa shape index (κ3) is 4.39. The molecule has 0 spiro atoms. The van der Waals surface area contributed by atoms with Gasteiger partial charge in [0.25, 0.3) is 0 Å². The minimum atomic E-state index is -0.00848. The fourth-order valence-corrected chi connectivity index (χ4v) is 1.57. The number of anilines is 1. The molecule has 1 rings (SSSR count). The molecular weight excluding hydrogens is 218 g/mol. The second kappa shape index (κ2) is 6.84. The van der Waals surface area contributed by atoms with Crippen molar-refractivity contribution in [1.82, 2.24) is 4.98 Å². The van der Waals surface area contributed by atoms with E-state index in [0.717, 1.165) is 5.69 Å². The second-order valence-corrected chi connectivity index (χ2v) is 3.80. The van der Waals surface area contributed by atoms with E-state index >= 15 is 0 Å². The van der Waals surface area contributed by atoms with E-state index in [9.17, 15) is 0 Å². The Morgan fingerprint density at radius 1 is 1.59 bits per heavy atom. The Labute approximate surface area is 101 Å². The number of hydrogen-bond acceptors (Lipinski definition) is 5. The lowest BCUT2D eigenvalue weighted by molar-refractivity contribution is 0.170. The van der Waals surface area contributed by atoms with Gasteiger partial charge in [-0.1, -0.05) is 0 Å². The number of aliphatic hydroxyl groups is 1. The topological polar surface area (TPSA) is 78.2 Å². The highest BCUT2D eigenvalue weighted by Crippen LogP contribution is 2.11. The highest BCUT2D eigenvalue weighted by Gasteiger charge is 2.09. The van der Waals surface area contributed by atoms with Crippen molar-refractivity contribution < 1.29 is 9.84 Å². The molecule has 1 heterocycles. The summed E-state index contributed by atoms with van der Waals surface area (Å²) in [5, 5.41) is 20.9. The lowest BCUT2D eigenvalue weighted by Gasteiger charge is -2.17. The summed E-state index contributed by atoms with van der Waals surface area (Å²) in [4.78, 5) is 4.29. The largest absolute Gasteiger partial charge is 0.396 e. The van der Waals surface area contributed by atoms with Gasteiger partial charge in [-0.15, -0.1) is 0 Å². The van der Waals surface area contributed by atoms with Crippen LogP contribution in [-0.2, 0) is 4.74 Å². The first kappa shape index (κ1) is 13.4. The van der Waals surface area contributed by atoms with Gasteiger partial charge in [-0.05, 0) is 25.5 Å². The van der Waals surface area contributed by atoms with Gasteiger partial charge in [0, 0.05) is 19.4 Å². The fraction of sp³-hybridized carbons (Fsp3) is 0.500. The molecule has 1 atom stereocenters. The van der Waals surface area contributed by atoms with E-state index in [0.29, 0.717) is 24.4 Å². The number of rotatable bonds is 6. The Bertz CT molecular complexity index is 395. The lowest BCUT2D eigenvalue weighted by Crippen LogP contribution is -2.26. The quantitative estimate of drug-likeness (QED) is 0.771. The molecule has 0 bridgehead atoms. The molecule has 0 aliphatic rings. The fourth-order valence-electron chi connectivity index (χ4n) is 1.57. The van der Waals surface area contributed by atoms with Crippen LogP contribution in [0, 0.1) is 18.3 Å². The molecule has 0 amide bonds. The molecule has 0 aliphatic carbocycles. The van der Waals surface area contributed by atoms with Crippen LogP contribution in [0.1, 0.15) is 17.7 Å². The van der Waals surface area contributed by atoms with Crippen molar-refractivity contribution in [2.45, 2.75) is 19.4 Å². The number of nitrogens with one attached hydrogen (secondary N) is 1. The number of methoxy groups -OCH3 is 1. The summed E-state index contributed by atoms with van der Waals surface area (Å²) in [6.45, 7) is 2.40. The molecule has 0 aliphatic heterocycles. The number of nitriles is 1. The van der Waals surface area contributed by atoms with Crippen LogP contribution in [0.4, 0.5) is 5.82 Å². The van der Waals surface area contributed by atoms with Crippen molar-refractivity contribution in [3.05, 3.63) is 23.4 Å². The average Bonchev–Trinajstić information content (AvgIpc) is 2.29. The molecule has 1 aromatic rings. The number of aromatic nitrogens is 1. The summed E-state index contributed by atoms with van der Waals surface area (Å²) in [6.07, 6.45) is 0.575. The number of aryl methyl sites for hydroxylation is 1. The van der Waals surface area contributed by atoms with Crippen molar-refractivity contribution in [3.8, 4) is 6.07 Å².